The van der Waals surface area contributed by atoms with Gasteiger partial charge in [-0.25, -0.2) is 0 Å². The van der Waals surface area contributed by atoms with E-state index < -0.39 is 6.10 Å². The second kappa shape index (κ2) is 7.10. The first-order chi connectivity index (χ1) is 8.58. The van der Waals surface area contributed by atoms with Gasteiger partial charge in [0.05, 0.1) is 12.7 Å². The highest BCUT2D eigenvalue weighted by Crippen LogP contribution is 2.07. The number of carbonyl (C=O) groups excluding carboxylic acids is 1. The number of hydrogen-bond donors (Lipinski definition) is 2. The van der Waals surface area contributed by atoms with Crippen LogP contribution < -0.4 is 5.73 Å². The smallest absolute Gasteiger partial charge is 0.253 e. The monoisotopic (exact) mass is 252 g/mol. The molecule has 0 aromatic heterocycles. The second-order valence-electron chi connectivity index (χ2n) is 4.20. The molecule has 1 aromatic carbocycles. The third-order valence-electron chi connectivity index (χ3n) is 2.63. The summed E-state index contributed by atoms with van der Waals surface area (Å²) in [6.07, 6.45) is -0.674. The first-order valence-corrected chi connectivity index (χ1v) is 5.80. The number of likely N-dealkylation sites (N-methyl/N-ethyl adjacent to an activating group) is 1. The summed E-state index contributed by atoms with van der Waals surface area (Å²) in [5, 5.41) is 9.56. The molecule has 0 radical (unpaired) electrons. The number of aliphatic hydroxyl groups is 1. The molecule has 0 spiro atoms. The lowest BCUT2D eigenvalue weighted by Crippen LogP contribution is -2.36. The molecule has 1 atom stereocenters. The predicted molar refractivity (Wildman–Crippen MR) is 69.2 cm³/mol. The fourth-order valence-electron chi connectivity index (χ4n) is 1.65. The number of amides is 1. The van der Waals surface area contributed by atoms with Crippen molar-refractivity contribution in [2.45, 2.75) is 12.6 Å². The Morgan fingerprint density at radius 2 is 2.06 bits per heavy atom. The average Bonchev–Trinajstić information content (AvgIpc) is 2.38. The number of carbonyl (C=O) groups is 1. The van der Waals surface area contributed by atoms with E-state index in [1.54, 1.807) is 19.2 Å². The summed E-state index contributed by atoms with van der Waals surface area (Å²) in [7, 11) is 3.16. The number of hydrogen-bond acceptors (Lipinski definition) is 4. The maximum Gasteiger partial charge on any atom is 0.253 e. The van der Waals surface area contributed by atoms with Crippen molar-refractivity contribution in [3.8, 4) is 0 Å². The Kier molecular flexibility index (Phi) is 5.77. The van der Waals surface area contributed by atoms with Gasteiger partial charge in [-0.2, -0.15) is 0 Å². The third-order valence-corrected chi connectivity index (χ3v) is 2.63. The van der Waals surface area contributed by atoms with Gasteiger partial charge >= 0.3 is 0 Å². The number of ether oxygens (including phenoxy) is 1. The lowest BCUT2D eigenvalue weighted by Gasteiger charge is -2.20. The first kappa shape index (κ1) is 14.6. The lowest BCUT2D eigenvalue weighted by molar-refractivity contribution is 0.0380. The molecular weight excluding hydrogens is 232 g/mol. The Bertz CT molecular complexity index is 378. The number of benzene rings is 1. The van der Waals surface area contributed by atoms with Crippen LogP contribution in [-0.2, 0) is 11.3 Å². The summed E-state index contributed by atoms with van der Waals surface area (Å²) in [4.78, 5) is 13.5. The molecule has 5 heteroatoms. The van der Waals surface area contributed by atoms with Gasteiger partial charge in [-0.05, 0) is 17.7 Å². The molecule has 0 fully saturated rings. The van der Waals surface area contributed by atoms with Crippen molar-refractivity contribution < 1.29 is 14.6 Å². The van der Waals surface area contributed by atoms with E-state index in [0.29, 0.717) is 12.1 Å². The van der Waals surface area contributed by atoms with Crippen LogP contribution in [0, 0.1) is 0 Å². The molecule has 0 aliphatic heterocycles. The topological polar surface area (TPSA) is 75.8 Å². The largest absolute Gasteiger partial charge is 0.389 e. The number of nitrogens with zero attached hydrogens (tertiary/aromatic N) is 1. The zero-order chi connectivity index (χ0) is 13.5. The van der Waals surface area contributed by atoms with E-state index in [0.717, 1.165) is 5.56 Å². The lowest BCUT2D eigenvalue weighted by atomic mass is 10.1. The SMILES string of the molecule is COCC(O)CN(C)C(=O)c1ccc(CN)cc1. The van der Waals surface area contributed by atoms with Gasteiger partial charge in [-0.15, -0.1) is 0 Å². The Morgan fingerprint density at radius 1 is 1.44 bits per heavy atom. The van der Waals surface area contributed by atoms with Crippen LogP contribution in [0.4, 0.5) is 0 Å². The Balaban J connectivity index is 2.62. The normalized spacial score (nSPS) is 12.2. The van der Waals surface area contributed by atoms with Gasteiger partial charge in [0.2, 0.25) is 0 Å². The van der Waals surface area contributed by atoms with Gasteiger partial charge in [0.15, 0.2) is 0 Å². The zero-order valence-corrected chi connectivity index (χ0v) is 10.8. The van der Waals surface area contributed by atoms with E-state index >= 15 is 0 Å². The van der Waals surface area contributed by atoms with Crippen LogP contribution in [0.1, 0.15) is 15.9 Å². The van der Waals surface area contributed by atoms with E-state index in [2.05, 4.69) is 0 Å². The minimum absolute atomic E-state index is 0.131. The summed E-state index contributed by atoms with van der Waals surface area (Å²) in [5.41, 5.74) is 7.06. The molecule has 100 valence electrons. The molecule has 0 bridgehead atoms. The molecule has 0 aliphatic rings. The summed E-state index contributed by atoms with van der Waals surface area (Å²) in [6, 6.07) is 7.13. The van der Waals surface area contributed by atoms with Crippen molar-refractivity contribution in [3.05, 3.63) is 35.4 Å². The fraction of sp³-hybridized carbons (Fsp3) is 0.462. The van der Waals surface area contributed by atoms with Crippen molar-refractivity contribution >= 4 is 5.91 Å². The average molecular weight is 252 g/mol. The predicted octanol–water partition coefficient (Wildman–Crippen LogP) is 0.225. The van der Waals surface area contributed by atoms with Gasteiger partial charge < -0.3 is 20.5 Å². The Labute approximate surface area is 107 Å². The van der Waals surface area contributed by atoms with Gasteiger partial charge in [-0.1, -0.05) is 12.1 Å². The molecule has 5 nitrogen and oxygen atoms in total. The Morgan fingerprint density at radius 3 is 2.56 bits per heavy atom. The first-order valence-electron chi connectivity index (χ1n) is 5.80. The van der Waals surface area contributed by atoms with E-state index in [9.17, 15) is 9.90 Å². The highest BCUT2D eigenvalue weighted by atomic mass is 16.5. The van der Waals surface area contributed by atoms with Crippen LogP contribution in [-0.4, -0.2) is 49.3 Å². The van der Waals surface area contributed by atoms with Gasteiger partial charge in [0.1, 0.15) is 0 Å². The zero-order valence-electron chi connectivity index (χ0n) is 10.8. The number of methoxy groups -OCH3 is 1. The van der Waals surface area contributed by atoms with E-state index in [1.165, 1.54) is 12.0 Å². The van der Waals surface area contributed by atoms with Gasteiger partial charge in [0.25, 0.3) is 5.91 Å². The van der Waals surface area contributed by atoms with E-state index in [-0.39, 0.29) is 19.1 Å². The van der Waals surface area contributed by atoms with Crippen molar-refractivity contribution in [2.75, 3.05) is 27.3 Å². The molecule has 0 saturated heterocycles. The minimum atomic E-state index is -0.674. The molecule has 1 aromatic rings. The molecule has 18 heavy (non-hydrogen) atoms. The maximum atomic E-state index is 12.0. The van der Waals surface area contributed by atoms with Crippen molar-refractivity contribution in [3.63, 3.8) is 0 Å². The molecule has 1 rings (SSSR count). The quantitative estimate of drug-likeness (QED) is 0.759. The molecule has 0 heterocycles. The summed E-state index contributed by atoms with van der Waals surface area (Å²) in [6.45, 7) is 0.909. The molecule has 1 unspecified atom stereocenters. The summed E-state index contributed by atoms with van der Waals surface area (Å²) >= 11 is 0. The molecular formula is C13H20N2O3. The molecule has 1 amide bonds. The summed E-state index contributed by atoms with van der Waals surface area (Å²) in [5.74, 6) is -0.131. The number of aliphatic hydroxyl groups excluding tert-OH is 1. The number of nitrogens with two attached hydrogens (primary N) is 1. The number of rotatable bonds is 6. The van der Waals surface area contributed by atoms with Gasteiger partial charge in [-0.3, -0.25) is 4.79 Å². The minimum Gasteiger partial charge on any atom is -0.389 e. The van der Waals surface area contributed by atoms with E-state index in [1.807, 2.05) is 12.1 Å². The summed E-state index contributed by atoms with van der Waals surface area (Å²) < 4.78 is 4.82. The standard InChI is InChI=1S/C13H20N2O3/c1-15(8-12(16)9-18-2)13(17)11-5-3-10(7-14)4-6-11/h3-6,12,16H,7-9,14H2,1-2H3. The highest BCUT2D eigenvalue weighted by Gasteiger charge is 2.15. The van der Waals surface area contributed by atoms with Crippen LogP contribution >= 0.6 is 0 Å². The van der Waals surface area contributed by atoms with Crippen LogP contribution in [0.2, 0.25) is 0 Å². The van der Waals surface area contributed by atoms with Crippen LogP contribution in [0.3, 0.4) is 0 Å². The third kappa shape index (κ3) is 4.10. The molecule has 0 saturated carbocycles. The van der Waals surface area contributed by atoms with Crippen molar-refractivity contribution in [2.24, 2.45) is 5.73 Å². The van der Waals surface area contributed by atoms with Crippen LogP contribution in [0.25, 0.3) is 0 Å². The van der Waals surface area contributed by atoms with Crippen molar-refractivity contribution in [1.82, 2.24) is 4.90 Å². The molecule has 0 aliphatic carbocycles. The Hall–Kier alpha value is -1.43. The fourth-order valence-corrected chi connectivity index (χ4v) is 1.65. The van der Waals surface area contributed by atoms with Crippen LogP contribution in [0.15, 0.2) is 24.3 Å². The second-order valence-corrected chi connectivity index (χ2v) is 4.20. The van der Waals surface area contributed by atoms with Crippen LogP contribution in [0.5, 0.6) is 0 Å². The molecule has 3 N–H and O–H groups in total. The van der Waals surface area contributed by atoms with Crippen molar-refractivity contribution in [1.29, 1.82) is 0 Å². The highest BCUT2D eigenvalue weighted by molar-refractivity contribution is 5.94. The van der Waals surface area contributed by atoms with E-state index in [4.69, 9.17) is 10.5 Å². The maximum absolute atomic E-state index is 12.0. The van der Waals surface area contributed by atoms with Gasteiger partial charge in [0, 0.05) is 32.8 Å².